The number of aryl methyl sites for hydroxylation is 1. The first-order chi connectivity index (χ1) is 6.18. The van der Waals surface area contributed by atoms with Crippen molar-refractivity contribution in [1.29, 1.82) is 0 Å². The number of nitrogens with zero attached hydrogens (tertiary/aromatic N) is 2. The number of aromatic nitrogens is 2. The average molecular weight is 179 g/mol. The molecule has 1 aromatic rings. The zero-order valence-corrected chi connectivity index (χ0v) is 8.33. The summed E-state index contributed by atoms with van der Waals surface area (Å²) in [4.78, 5) is 0. The lowest BCUT2D eigenvalue weighted by atomic mass is 9.83. The first-order valence-corrected chi connectivity index (χ1v) is 4.98. The van der Waals surface area contributed by atoms with Crippen LogP contribution in [0.2, 0.25) is 0 Å². The molecule has 0 aliphatic heterocycles. The van der Waals surface area contributed by atoms with Crippen LogP contribution in [0.5, 0.6) is 0 Å². The van der Waals surface area contributed by atoms with Crippen molar-refractivity contribution in [1.82, 2.24) is 9.78 Å². The summed E-state index contributed by atoms with van der Waals surface area (Å²) in [6.45, 7) is 2.00. The van der Waals surface area contributed by atoms with Gasteiger partial charge < -0.3 is 5.73 Å². The Kier molecular flexibility index (Phi) is 2.12. The highest BCUT2D eigenvalue weighted by molar-refractivity contribution is 5.18. The smallest absolute Gasteiger partial charge is 0.0658 e. The van der Waals surface area contributed by atoms with E-state index in [1.54, 1.807) is 0 Å². The minimum atomic E-state index is 0.0892. The normalized spacial score (nSPS) is 19.9. The summed E-state index contributed by atoms with van der Waals surface area (Å²) in [6, 6.07) is 2.25. The van der Waals surface area contributed by atoms with E-state index in [1.807, 2.05) is 18.7 Å². The number of hydrogen-bond acceptors (Lipinski definition) is 2. The van der Waals surface area contributed by atoms with Gasteiger partial charge in [0.25, 0.3) is 0 Å². The van der Waals surface area contributed by atoms with Crippen molar-refractivity contribution < 1.29 is 0 Å². The van der Waals surface area contributed by atoms with Crippen molar-refractivity contribution in [3.8, 4) is 0 Å². The fourth-order valence-electron chi connectivity index (χ4n) is 1.83. The van der Waals surface area contributed by atoms with Gasteiger partial charge in [-0.25, -0.2) is 0 Å². The standard InChI is InChI=1S/C10H17N3/c1-7(11)10-6-9(12-13(10)2)8-4-3-5-8/h6-8H,3-5,11H2,1-2H3. The van der Waals surface area contributed by atoms with Gasteiger partial charge in [-0.15, -0.1) is 0 Å². The van der Waals surface area contributed by atoms with Gasteiger partial charge in [-0.2, -0.15) is 5.10 Å². The van der Waals surface area contributed by atoms with E-state index >= 15 is 0 Å². The zero-order chi connectivity index (χ0) is 9.42. The summed E-state index contributed by atoms with van der Waals surface area (Å²) >= 11 is 0. The Bertz CT molecular complexity index is 297. The molecule has 1 aromatic heterocycles. The highest BCUT2D eigenvalue weighted by Crippen LogP contribution is 2.36. The Balaban J connectivity index is 2.23. The molecule has 1 heterocycles. The molecule has 72 valence electrons. The van der Waals surface area contributed by atoms with E-state index in [0.29, 0.717) is 5.92 Å². The topological polar surface area (TPSA) is 43.8 Å². The second-order valence-electron chi connectivity index (χ2n) is 4.03. The molecule has 0 amide bonds. The molecule has 1 fully saturated rings. The van der Waals surface area contributed by atoms with Gasteiger partial charge in [-0.05, 0) is 25.8 Å². The molecule has 2 N–H and O–H groups in total. The minimum absolute atomic E-state index is 0.0892. The molecule has 13 heavy (non-hydrogen) atoms. The lowest BCUT2D eigenvalue weighted by Crippen LogP contribution is -2.10. The summed E-state index contributed by atoms with van der Waals surface area (Å²) < 4.78 is 1.92. The maximum atomic E-state index is 5.83. The van der Waals surface area contributed by atoms with Crippen molar-refractivity contribution in [2.24, 2.45) is 12.8 Å². The third-order valence-corrected chi connectivity index (χ3v) is 2.92. The monoisotopic (exact) mass is 179 g/mol. The molecule has 0 saturated heterocycles. The number of nitrogens with two attached hydrogens (primary N) is 1. The largest absolute Gasteiger partial charge is 0.323 e. The molecule has 0 spiro atoms. The molecular weight excluding hydrogens is 162 g/mol. The van der Waals surface area contributed by atoms with Crippen LogP contribution in [0.4, 0.5) is 0 Å². The van der Waals surface area contributed by atoms with Gasteiger partial charge in [-0.1, -0.05) is 6.42 Å². The Labute approximate surface area is 78.9 Å². The Morgan fingerprint density at radius 3 is 2.69 bits per heavy atom. The third kappa shape index (κ3) is 1.48. The molecule has 0 radical (unpaired) electrons. The van der Waals surface area contributed by atoms with Gasteiger partial charge in [0, 0.05) is 19.0 Å². The SMILES string of the molecule is CC(N)c1cc(C2CCC2)nn1C. The van der Waals surface area contributed by atoms with Gasteiger partial charge in [0.05, 0.1) is 11.4 Å². The van der Waals surface area contributed by atoms with Crippen molar-refractivity contribution >= 4 is 0 Å². The lowest BCUT2D eigenvalue weighted by molar-refractivity contribution is 0.407. The number of hydrogen-bond donors (Lipinski definition) is 1. The maximum absolute atomic E-state index is 5.83. The fourth-order valence-corrected chi connectivity index (χ4v) is 1.83. The third-order valence-electron chi connectivity index (χ3n) is 2.92. The van der Waals surface area contributed by atoms with Crippen LogP contribution in [0.15, 0.2) is 6.07 Å². The van der Waals surface area contributed by atoms with Crippen LogP contribution in [-0.2, 0) is 7.05 Å². The predicted molar refractivity (Wildman–Crippen MR) is 52.4 cm³/mol. The Morgan fingerprint density at radius 2 is 2.31 bits per heavy atom. The molecule has 3 heteroatoms. The van der Waals surface area contributed by atoms with Gasteiger partial charge in [-0.3, -0.25) is 4.68 Å². The molecule has 1 saturated carbocycles. The van der Waals surface area contributed by atoms with E-state index in [1.165, 1.54) is 25.0 Å². The zero-order valence-electron chi connectivity index (χ0n) is 8.33. The van der Waals surface area contributed by atoms with Gasteiger partial charge in [0.15, 0.2) is 0 Å². The molecule has 1 atom stereocenters. The summed E-state index contributed by atoms with van der Waals surface area (Å²) in [6.07, 6.45) is 3.96. The van der Waals surface area contributed by atoms with Crippen LogP contribution in [0.1, 0.15) is 49.5 Å². The van der Waals surface area contributed by atoms with Gasteiger partial charge in [0.2, 0.25) is 0 Å². The van der Waals surface area contributed by atoms with Crippen LogP contribution in [-0.4, -0.2) is 9.78 Å². The molecule has 1 unspecified atom stereocenters. The first-order valence-electron chi connectivity index (χ1n) is 4.98. The highest BCUT2D eigenvalue weighted by atomic mass is 15.3. The van der Waals surface area contributed by atoms with E-state index < -0.39 is 0 Å². The molecular formula is C10H17N3. The Hall–Kier alpha value is -0.830. The van der Waals surface area contributed by atoms with E-state index in [0.717, 1.165) is 5.69 Å². The van der Waals surface area contributed by atoms with Crippen LogP contribution in [0.3, 0.4) is 0 Å². The van der Waals surface area contributed by atoms with Crippen LogP contribution >= 0.6 is 0 Å². The quantitative estimate of drug-likeness (QED) is 0.751. The van der Waals surface area contributed by atoms with Gasteiger partial charge in [0.1, 0.15) is 0 Å². The summed E-state index contributed by atoms with van der Waals surface area (Å²) in [5, 5.41) is 4.49. The van der Waals surface area contributed by atoms with E-state index in [4.69, 9.17) is 5.73 Å². The summed E-state index contributed by atoms with van der Waals surface area (Å²) in [5.74, 6) is 0.707. The molecule has 2 rings (SSSR count). The maximum Gasteiger partial charge on any atom is 0.0658 e. The molecule has 1 aliphatic carbocycles. The second kappa shape index (κ2) is 3.14. The second-order valence-corrected chi connectivity index (χ2v) is 4.03. The highest BCUT2D eigenvalue weighted by Gasteiger charge is 2.23. The molecule has 0 bridgehead atoms. The van der Waals surface area contributed by atoms with Crippen molar-refractivity contribution in [3.63, 3.8) is 0 Å². The molecule has 1 aliphatic rings. The van der Waals surface area contributed by atoms with Crippen molar-refractivity contribution in [2.45, 2.75) is 38.1 Å². The van der Waals surface area contributed by atoms with E-state index in [2.05, 4.69) is 11.2 Å². The first kappa shape index (κ1) is 8.75. The fraction of sp³-hybridized carbons (Fsp3) is 0.700. The molecule has 3 nitrogen and oxygen atoms in total. The van der Waals surface area contributed by atoms with E-state index in [-0.39, 0.29) is 6.04 Å². The average Bonchev–Trinajstić information content (AvgIpc) is 2.27. The Morgan fingerprint density at radius 1 is 1.62 bits per heavy atom. The predicted octanol–water partition coefficient (Wildman–Crippen LogP) is 1.71. The van der Waals surface area contributed by atoms with Crippen LogP contribution < -0.4 is 5.73 Å². The molecule has 0 aromatic carbocycles. The van der Waals surface area contributed by atoms with Crippen LogP contribution in [0, 0.1) is 0 Å². The number of rotatable bonds is 2. The van der Waals surface area contributed by atoms with E-state index in [9.17, 15) is 0 Å². The summed E-state index contributed by atoms with van der Waals surface area (Å²) in [7, 11) is 1.97. The van der Waals surface area contributed by atoms with Crippen molar-refractivity contribution in [2.75, 3.05) is 0 Å². The minimum Gasteiger partial charge on any atom is -0.323 e. The van der Waals surface area contributed by atoms with Gasteiger partial charge >= 0.3 is 0 Å². The summed E-state index contributed by atoms with van der Waals surface area (Å²) in [5.41, 5.74) is 8.20. The van der Waals surface area contributed by atoms with Crippen LogP contribution in [0.25, 0.3) is 0 Å². The lowest BCUT2D eigenvalue weighted by Gasteiger charge is -2.22. The van der Waals surface area contributed by atoms with Crippen molar-refractivity contribution in [3.05, 3.63) is 17.5 Å².